The van der Waals surface area contributed by atoms with Gasteiger partial charge in [-0.2, -0.15) is 0 Å². The molecule has 0 saturated heterocycles. The van der Waals surface area contributed by atoms with Crippen molar-refractivity contribution in [1.29, 1.82) is 0 Å². The van der Waals surface area contributed by atoms with Crippen molar-refractivity contribution in [3.8, 4) is 67.3 Å². The average molecular weight is 790 g/mol. The Morgan fingerprint density at radius 2 is 0.758 bits per heavy atom. The van der Waals surface area contributed by atoms with Crippen LogP contribution in [0.2, 0.25) is 0 Å². The van der Waals surface area contributed by atoms with Crippen LogP contribution in [0, 0.1) is 0 Å². The minimum absolute atomic E-state index is 0.529. The zero-order valence-electron chi connectivity index (χ0n) is 33.9. The molecular formula is C59H39N3. The Hall–Kier alpha value is -8.14. The van der Waals surface area contributed by atoms with Crippen LogP contribution in [0.3, 0.4) is 0 Å². The molecule has 1 aromatic heterocycles. The minimum Gasteiger partial charge on any atom is -0.310 e. The van der Waals surface area contributed by atoms with E-state index in [0.29, 0.717) is 5.82 Å². The van der Waals surface area contributed by atoms with Crippen LogP contribution < -0.4 is 4.90 Å². The van der Waals surface area contributed by atoms with Gasteiger partial charge in [0.2, 0.25) is 0 Å². The first kappa shape index (κ1) is 35.8. The van der Waals surface area contributed by atoms with Gasteiger partial charge in [-0.1, -0.05) is 188 Å². The van der Waals surface area contributed by atoms with E-state index < -0.39 is 5.41 Å². The Bertz CT molecular complexity index is 3250. The van der Waals surface area contributed by atoms with Crippen molar-refractivity contribution in [3.63, 3.8) is 0 Å². The van der Waals surface area contributed by atoms with Crippen LogP contribution in [0.5, 0.6) is 0 Å². The second-order valence-corrected chi connectivity index (χ2v) is 16.1. The highest BCUT2D eigenvalue weighted by atomic mass is 15.2. The zero-order chi connectivity index (χ0) is 41.0. The van der Waals surface area contributed by atoms with E-state index >= 15 is 0 Å². The standard InChI is InChI=1S/C59H39N3/c1-4-18-40(19-5-1)42-22-17-25-46(37-42)58-60-54(41-20-6-2-7-21-41)39-55(61-58)45-24-16-23-43(36-45)44-34-35-49-48-28-10-11-29-50(48)59(53(49)38-44)51-30-12-14-32-56(51)62(47-26-8-3-9-27-47)57-33-15-13-31-52(57)59/h1-39H. The zero-order valence-corrected chi connectivity index (χ0v) is 33.9. The molecule has 62 heavy (non-hydrogen) atoms. The summed E-state index contributed by atoms with van der Waals surface area (Å²) in [6, 6.07) is 85.2. The molecule has 1 aliphatic carbocycles. The summed E-state index contributed by atoms with van der Waals surface area (Å²) in [5, 5.41) is 0. The third-order valence-electron chi connectivity index (χ3n) is 12.7. The number of benzene rings is 9. The summed E-state index contributed by atoms with van der Waals surface area (Å²) >= 11 is 0. The van der Waals surface area contributed by atoms with Gasteiger partial charge in [0, 0.05) is 22.4 Å². The van der Waals surface area contributed by atoms with Crippen molar-refractivity contribution in [3.05, 3.63) is 259 Å². The lowest BCUT2D eigenvalue weighted by Crippen LogP contribution is -2.36. The fourth-order valence-corrected chi connectivity index (χ4v) is 9.95. The van der Waals surface area contributed by atoms with Crippen LogP contribution in [0.15, 0.2) is 237 Å². The smallest absolute Gasteiger partial charge is 0.160 e. The van der Waals surface area contributed by atoms with Gasteiger partial charge in [0.1, 0.15) is 0 Å². The van der Waals surface area contributed by atoms with Crippen molar-refractivity contribution < 1.29 is 0 Å². The molecule has 1 spiro atoms. The summed E-state index contributed by atoms with van der Waals surface area (Å²) in [5.41, 5.74) is 20.1. The molecule has 290 valence electrons. The lowest BCUT2D eigenvalue weighted by Gasteiger charge is -2.45. The SMILES string of the molecule is c1ccc(-c2cccc(-c3nc(-c4ccccc4)cc(-c4cccc(-c5ccc6c(c5)C5(c7ccccc7-6)c6ccccc6N(c6ccccc6)c6ccccc65)c4)n3)c2)cc1. The Balaban J connectivity index is 1.02. The van der Waals surface area contributed by atoms with Gasteiger partial charge in [-0.05, 0) is 104 Å². The van der Waals surface area contributed by atoms with Crippen LogP contribution in [0.4, 0.5) is 17.1 Å². The van der Waals surface area contributed by atoms with Crippen LogP contribution >= 0.6 is 0 Å². The van der Waals surface area contributed by atoms with Gasteiger partial charge in [-0.25, -0.2) is 9.97 Å². The lowest BCUT2D eigenvalue weighted by atomic mass is 9.64. The van der Waals surface area contributed by atoms with Crippen molar-refractivity contribution in [2.24, 2.45) is 0 Å². The Morgan fingerprint density at radius 1 is 0.290 bits per heavy atom. The van der Waals surface area contributed by atoms with E-state index in [1.807, 2.05) is 12.1 Å². The maximum atomic E-state index is 5.29. The summed E-state index contributed by atoms with van der Waals surface area (Å²) in [4.78, 5) is 12.9. The van der Waals surface area contributed by atoms with Crippen molar-refractivity contribution in [2.75, 3.05) is 4.90 Å². The molecule has 0 fully saturated rings. The van der Waals surface area contributed by atoms with Gasteiger partial charge in [0.25, 0.3) is 0 Å². The van der Waals surface area contributed by atoms with Crippen LogP contribution in [0.1, 0.15) is 22.3 Å². The molecule has 10 aromatic rings. The summed E-state index contributed by atoms with van der Waals surface area (Å²) in [6.07, 6.45) is 0. The van der Waals surface area contributed by atoms with E-state index in [-0.39, 0.29) is 0 Å². The third kappa shape index (κ3) is 5.67. The number of anilines is 3. The molecule has 1 aliphatic heterocycles. The Kier molecular flexibility index (Phi) is 8.39. The molecule has 0 atom stereocenters. The second-order valence-electron chi connectivity index (χ2n) is 16.1. The minimum atomic E-state index is -0.529. The third-order valence-corrected chi connectivity index (χ3v) is 12.7. The topological polar surface area (TPSA) is 29.0 Å². The number of fused-ring (bicyclic) bond motifs is 9. The van der Waals surface area contributed by atoms with E-state index in [2.05, 4.69) is 229 Å². The summed E-state index contributed by atoms with van der Waals surface area (Å²) in [6.45, 7) is 0. The molecule has 2 aliphatic rings. The van der Waals surface area contributed by atoms with E-state index in [4.69, 9.17) is 9.97 Å². The molecular weight excluding hydrogens is 751 g/mol. The highest BCUT2D eigenvalue weighted by Crippen LogP contribution is 2.63. The molecule has 0 N–H and O–H groups in total. The number of aromatic nitrogens is 2. The maximum absolute atomic E-state index is 5.29. The highest BCUT2D eigenvalue weighted by molar-refractivity contribution is 5.96. The largest absolute Gasteiger partial charge is 0.310 e. The molecule has 0 bridgehead atoms. The fourth-order valence-electron chi connectivity index (χ4n) is 9.95. The van der Waals surface area contributed by atoms with Gasteiger partial charge < -0.3 is 4.90 Å². The van der Waals surface area contributed by atoms with Gasteiger partial charge in [0.15, 0.2) is 5.82 Å². The molecule has 0 saturated carbocycles. The van der Waals surface area contributed by atoms with E-state index in [9.17, 15) is 0 Å². The first-order valence-electron chi connectivity index (χ1n) is 21.2. The summed E-state index contributed by atoms with van der Waals surface area (Å²) in [7, 11) is 0. The van der Waals surface area contributed by atoms with Crippen molar-refractivity contribution in [1.82, 2.24) is 9.97 Å². The van der Waals surface area contributed by atoms with Crippen molar-refractivity contribution in [2.45, 2.75) is 5.41 Å². The van der Waals surface area contributed by atoms with Gasteiger partial charge in [-0.3, -0.25) is 0 Å². The number of para-hydroxylation sites is 3. The van der Waals surface area contributed by atoms with E-state index in [0.717, 1.165) is 56.0 Å². The van der Waals surface area contributed by atoms with Crippen LogP contribution in [-0.2, 0) is 5.41 Å². The normalized spacial score (nSPS) is 12.9. The monoisotopic (exact) mass is 789 g/mol. The molecule has 3 nitrogen and oxygen atoms in total. The molecule has 12 rings (SSSR count). The molecule has 0 radical (unpaired) electrons. The van der Waals surface area contributed by atoms with Crippen LogP contribution in [0.25, 0.3) is 67.3 Å². The second kappa shape index (κ2) is 14.5. The van der Waals surface area contributed by atoms with E-state index in [1.54, 1.807) is 0 Å². The molecule has 9 aromatic carbocycles. The highest BCUT2D eigenvalue weighted by Gasteiger charge is 2.51. The Morgan fingerprint density at radius 3 is 1.45 bits per heavy atom. The van der Waals surface area contributed by atoms with Gasteiger partial charge in [0.05, 0.1) is 28.2 Å². The van der Waals surface area contributed by atoms with Crippen molar-refractivity contribution >= 4 is 17.1 Å². The average Bonchev–Trinajstić information content (AvgIpc) is 3.65. The predicted molar refractivity (Wildman–Crippen MR) is 255 cm³/mol. The van der Waals surface area contributed by atoms with Gasteiger partial charge >= 0.3 is 0 Å². The molecule has 3 heteroatoms. The summed E-state index contributed by atoms with van der Waals surface area (Å²) in [5.74, 6) is 0.695. The predicted octanol–water partition coefficient (Wildman–Crippen LogP) is 15.0. The lowest BCUT2D eigenvalue weighted by molar-refractivity contribution is 0.753. The van der Waals surface area contributed by atoms with Crippen LogP contribution in [-0.4, -0.2) is 9.97 Å². The maximum Gasteiger partial charge on any atom is 0.160 e. The molecule has 0 unspecified atom stereocenters. The quantitative estimate of drug-likeness (QED) is 0.168. The number of rotatable bonds is 6. The Labute approximate surface area is 361 Å². The number of hydrogen-bond acceptors (Lipinski definition) is 3. The van der Waals surface area contributed by atoms with Gasteiger partial charge in [-0.15, -0.1) is 0 Å². The first-order chi connectivity index (χ1) is 30.7. The number of nitrogens with zero attached hydrogens (tertiary/aromatic N) is 3. The number of hydrogen-bond donors (Lipinski definition) is 0. The fraction of sp³-hybridized carbons (Fsp3) is 0.0169. The first-order valence-corrected chi connectivity index (χ1v) is 21.2. The summed E-state index contributed by atoms with van der Waals surface area (Å²) < 4.78 is 0. The molecule has 0 amide bonds. The molecule has 2 heterocycles. The van der Waals surface area contributed by atoms with E-state index in [1.165, 1.54) is 44.8 Å².